The molecular weight excluding hydrogens is 166 g/mol. The zero-order valence-corrected chi connectivity index (χ0v) is 8.70. The van der Waals surface area contributed by atoms with Gasteiger partial charge in [0.15, 0.2) is 0 Å². The molecule has 1 rings (SSSR count). The van der Waals surface area contributed by atoms with E-state index in [2.05, 4.69) is 18.7 Å². The molecule has 1 N–H and O–H groups in total. The first-order valence-electron chi connectivity index (χ1n) is 5.20. The summed E-state index contributed by atoms with van der Waals surface area (Å²) in [5.41, 5.74) is 0. The molecule has 1 aliphatic rings. The maximum atomic E-state index is 8.97. The minimum absolute atomic E-state index is 0.286. The predicted octanol–water partition coefficient (Wildman–Crippen LogP) is 0.726. The molecule has 2 unspecified atom stereocenters. The lowest BCUT2D eigenvalue weighted by Gasteiger charge is -2.36. The topological polar surface area (TPSA) is 32.7 Å². The molecule has 0 bridgehead atoms. The molecule has 0 aliphatic carbocycles. The third-order valence-electron chi connectivity index (χ3n) is 2.68. The average Bonchev–Trinajstić information content (AvgIpc) is 2.18. The molecule has 0 amide bonds. The highest BCUT2D eigenvalue weighted by molar-refractivity contribution is 4.75. The van der Waals surface area contributed by atoms with Gasteiger partial charge in [0, 0.05) is 25.7 Å². The van der Waals surface area contributed by atoms with E-state index >= 15 is 0 Å². The van der Waals surface area contributed by atoms with Crippen molar-refractivity contribution in [1.82, 2.24) is 4.90 Å². The van der Waals surface area contributed by atoms with Crippen LogP contribution < -0.4 is 0 Å². The van der Waals surface area contributed by atoms with Gasteiger partial charge in [0.2, 0.25) is 0 Å². The number of ether oxygens (including phenoxy) is 1. The summed E-state index contributed by atoms with van der Waals surface area (Å²) in [7, 11) is 0. The fourth-order valence-electron chi connectivity index (χ4n) is 1.76. The summed E-state index contributed by atoms with van der Waals surface area (Å²) in [6.07, 6.45) is 1.14. The Hall–Kier alpha value is -0.120. The van der Waals surface area contributed by atoms with E-state index in [1.54, 1.807) is 0 Å². The Morgan fingerprint density at radius 1 is 1.62 bits per heavy atom. The highest BCUT2D eigenvalue weighted by Crippen LogP contribution is 2.12. The van der Waals surface area contributed by atoms with Crippen LogP contribution in [-0.2, 0) is 4.74 Å². The normalized spacial score (nSPS) is 27.5. The van der Waals surface area contributed by atoms with E-state index in [1.165, 1.54) is 0 Å². The second-order valence-corrected chi connectivity index (χ2v) is 3.92. The van der Waals surface area contributed by atoms with Gasteiger partial charge >= 0.3 is 0 Å². The maximum absolute atomic E-state index is 8.97. The fraction of sp³-hybridized carbons (Fsp3) is 1.00. The molecule has 0 aromatic carbocycles. The van der Waals surface area contributed by atoms with E-state index in [0.29, 0.717) is 12.0 Å². The van der Waals surface area contributed by atoms with Gasteiger partial charge in [-0.25, -0.2) is 0 Å². The predicted molar refractivity (Wildman–Crippen MR) is 52.7 cm³/mol. The molecule has 2 atom stereocenters. The van der Waals surface area contributed by atoms with Gasteiger partial charge in [0.1, 0.15) is 0 Å². The Morgan fingerprint density at radius 3 is 3.00 bits per heavy atom. The molecule has 0 aromatic rings. The standard InChI is InChI=1S/C10H21NO2/c1-3-10-8-13-5-4-11(10)6-9(2)7-12/h9-10,12H,3-8H2,1-2H3. The first-order chi connectivity index (χ1) is 6.27. The number of aliphatic hydroxyl groups excluding tert-OH is 1. The molecule has 78 valence electrons. The largest absolute Gasteiger partial charge is 0.396 e. The van der Waals surface area contributed by atoms with E-state index in [4.69, 9.17) is 9.84 Å². The highest BCUT2D eigenvalue weighted by Gasteiger charge is 2.22. The Labute approximate surface area is 80.7 Å². The fourth-order valence-corrected chi connectivity index (χ4v) is 1.76. The summed E-state index contributed by atoms with van der Waals surface area (Å²) < 4.78 is 5.41. The third-order valence-corrected chi connectivity index (χ3v) is 2.68. The van der Waals surface area contributed by atoms with Crippen molar-refractivity contribution in [1.29, 1.82) is 0 Å². The van der Waals surface area contributed by atoms with E-state index in [1.807, 2.05) is 0 Å². The molecule has 0 radical (unpaired) electrons. The zero-order valence-electron chi connectivity index (χ0n) is 8.70. The Bertz CT molecular complexity index is 141. The SMILES string of the molecule is CCC1COCCN1CC(C)CO. The van der Waals surface area contributed by atoms with E-state index in [0.717, 1.165) is 32.7 Å². The molecule has 0 spiro atoms. The molecular formula is C10H21NO2. The van der Waals surface area contributed by atoms with Crippen molar-refractivity contribution < 1.29 is 9.84 Å². The Kier molecular flexibility index (Phi) is 4.70. The molecule has 1 aliphatic heterocycles. The molecule has 1 heterocycles. The van der Waals surface area contributed by atoms with Crippen LogP contribution in [0.25, 0.3) is 0 Å². The van der Waals surface area contributed by atoms with Crippen LogP contribution in [0.3, 0.4) is 0 Å². The molecule has 3 heteroatoms. The second-order valence-electron chi connectivity index (χ2n) is 3.92. The van der Waals surface area contributed by atoms with Gasteiger partial charge in [-0.05, 0) is 12.3 Å². The quantitative estimate of drug-likeness (QED) is 0.704. The van der Waals surface area contributed by atoms with Gasteiger partial charge in [-0.3, -0.25) is 4.90 Å². The van der Waals surface area contributed by atoms with Gasteiger partial charge in [0.05, 0.1) is 13.2 Å². The van der Waals surface area contributed by atoms with Crippen LogP contribution in [-0.4, -0.2) is 49.0 Å². The first kappa shape index (κ1) is 11.0. The number of morpholine rings is 1. The van der Waals surface area contributed by atoms with Crippen LogP contribution in [0.4, 0.5) is 0 Å². The molecule has 3 nitrogen and oxygen atoms in total. The van der Waals surface area contributed by atoms with Gasteiger partial charge in [-0.1, -0.05) is 13.8 Å². The average molecular weight is 187 g/mol. The third kappa shape index (κ3) is 3.25. The smallest absolute Gasteiger partial charge is 0.0622 e. The summed E-state index contributed by atoms with van der Waals surface area (Å²) in [5, 5.41) is 8.97. The lowest BCUT2D eigenvalue weighted by molar-refractivity contribution is -0.0176. The minimum atomic E-state index is 0.286. The van der Waals surface area contributed by atoms with Crippen molar-refractivity contribution in [3.8, 4) is 0 Å². The van der Waals surface area contributed by atoms with Crippen molar-refractivity contribution in [2.75, 3.05) is 32.9 Å². The van der Waals surface area contributed by atoms with Crippen LogP contribution >= 0.6 is 0 Å². The Balaban J connectivity index is 2.35. The van der Waals surface area contributed by atoms with Crippen molar-refractivity contribution in [2.45, 2.75) is 26.3 Å². The monoisotopic (exact) mass is 187 g/mol. The summed E-state index contributed by atoms with van der Waals surface area (Å²) >= 11 is 0. The van der Waals surface area contributed by atoms with E-state index in [-0.39, 0.29) is 6.61 Å². The van der Waals surface area contributed by atoms with E-state index < -0.39 is 0 Å². The summed E-state index contributed by atoms with van der Waals surface area (Å²) in [4.78, 5) is 2.43. The number of aliphatic hydroxyl groups is 1. The van der Waals surface area contributed by atoms with E-state index in [9.17, 15) is 0 Å². The van der Waals surface area contributed by atoms with Crippen molar-refractivity contribution in [3.05, 3.63) is 0 Å². The summed E-state index contributed by atoms with van der Waals surface area (Å²) in [5.74, 6) is 0.382. The molecule has 0 saturated carbocycles. The van der Waals surface area contributed by atoms with Crippen LogP contribution in [0.15, 0.2) is 0 Å². The van der Waals surface area contributed by atoms with Crippen molar-refractivity contribution in [2.24, 2.45) is 5.92 Å². The lowest BCUT2D eigenvalue weighted by Crippen LogP contribution is -2.47. The number of hydrogen-bond acceptors (Lipinski definition) is 3. The molecule has 1 fully saturated rings. The van der Waals surface area contributed by atoms with Gasteiger partial charge in [-0.15, -0.1) is 0 Å². The van der Waals surface area contributed by atoms with Crippen LogP contribution in [0.5, 0.6) is 0 Å². The van der Waals surface area contributed by atoms with Crippen molar-refractivity contribution >= 4 is 0 Å². The summed E-state index contributed by atoms with van der Waals surface area (Å²) in [6.45, 7) is 8.27. The summed E-state index contributed by atoms with van der Waals surface area (Å²) in [6, 6.07) is 0.558. The first-order valence-corrected chi connectivity index (χ1v) is 5.20. The number of hydrogen-bond donors (Lipinski definition) is 1. The van der Waals surface area contributed by atoms with Crippen LogP contribution in [0.1, 0.15) is 20.3 Å². The molecule has 13 heavy (non-hydrogen) atoms. The minimum Gasteiger partial charge on any atom is -0.396 e. The van der Waals surface area contributed by atoms with Gasteiger partial charge in [-0.2, -0.15) is 0 Å². The van der Waals surface area contributed by atoms with Gasteiger partial charge < -0.3 is 9.84 Å². The zero-order chi connectivity index (χ0) is 9.68. The lowest BCUT2D eigenvalue weighted by atomic mass is 10.1. The van der Waals surface area contributed by atoms with Crippen LogP contribution in [0, 0.1) is 5.92 Å². The molecule has 1 saturated heterocycles. The molecule has 0 aromatic heterocycles. The van der Waals surface area contributed by atoms with Gasteiger partial charge in [0.25, 0.3) is 0 Å². The van der Waals surface area contributed by atoms with Crippen LogP contribution in [0.2, 0.25) is 0 Å². The Morgan fingerprint density at radius 2 is 2.38 bits per heavy atom. The number of nitrogens with zero attached hydrogens (tertiary/aromatic N) is 1. The maximum Gasteiger partial charge on any atom is 0.0622 e. The van der Waals surface area contributed by atoms with Crippen molar-refractivity contribution in [3.63, 3.8) is 0 Å². The highest BCUT2D eigenvalue weighted by atomic mass is 16.5. The number of rotatable bonds is 4. The second kappa shape index (κ2) is 5.58.